The molecule has 0 unspecified atom stereocenters. The van der Waals surface area contributed by atoms with Crippen molar-refractivity contribution < 1.29 is 28.6 Å². The molecule has 0 bridgehead atoms. The maximum Gasteiger partial charge on any atom is 0.306 e. The molecule has 6 heteroatoms. The van der Waals surface area contributed by atoms with Crippen LogP contribution in [-0.2, 0) is 28.6 Å². The number of hydrogen-bond acceptors (Lipinski definition) is 6. The van der Waals surface area contributed by atoms with Crippen LogP contribution in [-0.4, -0.2) is 37.2 Å². The van der Waals surface area contributed by atoms with Crippen LogP contribution in [0.1, 0.15) is 245 Å². The molecule has 0 fully saturated rings. The van der Waals surface area contributed by atoms with E-state index in [2.05, 4.69) is 93.7 Å². The molecule has 0 aliphatic heterocycles. The van der Waals surface area contributed by atoms with Gasteiger partial charge >= 0.3 is 17.9 Å². The highest BCUT2D eigenvalue weighted by molar-refractivity contribution is 5.71. The van der Waals surface area contributed by atoms with Gasteiger partial charge in [-0.05, 0) is 89.9 Å². The highest BCUT2D eigenvalue weighted by atomic mass is 16.6. The van der Waals surface area contributed by atoms with Gasteiger partial charge in [0.1, 0.15) is 13.2 Å². The number of ether oxygens (including phenoxy) is 3. The second-order valence-corrected chi connectivity index (χ2v) is 17.1. The number of hydrogen-bond donors (Lipinski definition) is 0. The highest BCUT2D eigenvalue weighted by Gasteiger charge is 2.19. The highest BCUT2D eigenvalue weighted by Crippen LogP contribution is 2.15. The first-order chi connectivity index (χ1) is 30.5. The van der Waals surface area contributed by atoms with Gasteiger partial charge in [0.25, 0.3) is 0 Å². The summed E-state index contributed by atoms with van der Waals surface area (Å²) in [6, 6.07) is 0. The number of rotatable bonds is 46. The quantitative estimate of drug-likeness (QED) is 0.0262. The van der Waals surface area contributed by atoms with Crippen LogP contribution in [0.25, 0.3) is 0 Å². The molecule has 0 saturated heterocycles. The zero-order valence-electron chi connectivity index (χ0n) is 40.6. The molecule has 62 heavy (non-hydrogen) atoms. The summed E-state index contributed by atoms with van der Waals surface area (Å²) in [7, 11) is 0. The van der Waals surface area contributed by atoms with Crippen LogP contribution < -0.4 is 0 Å². The molecule has 0 heterocycles. The van der Waals surface area contributed by atoms with E-state index in [1.165, 1.54) is 103 Å². The van der Waals surface area contributed by atoms with Crippen LogP contribution in [0.3, 0.4) is 0 Å². The second kappa shape index (κ2) is 50.5. The number of unbranched alkanes of at least 4 members (excludes halogenated alkanes) is 23. The van der Waals surface area contributed by atoms with Crippen LogP contribution in [0, 0.1) is 0 Å². The van der Waals surface area contributed by atoms with Gasteiger partial charge in [-0.15, -0.1) is 0 Å². The molecular weight excluding hydrogens is 769 g/mol. The Balaban J connectivity index is 4.42. The first kappa shape index (κ1) is 58.9. The maximum atomic E-state index is 12.8. The van der Waals surface area contributed by atoms with Crippen molar-refractivity contribution >= 4 is 17.9 Å². The lowest BCUT2D eigenvalue weighted by atomic mass is 10.0. The average molecular weight is 865 g/mol. The van der Waals surface area contributed by atoms with Gasteiger partial charge in [-0.25, -0.2) is 0 Å². The molecule has 0 aliphatic rings. The van der Waals surface area contributed by atoms with Crippen molar-refractivity contribution in [1.82, 2.24) is 0 Å². The van der Waals surface area contributed by atoms with Gasteiger partial charge in [-0.2, -0.15) is 0 Å². The van der Waals surface area contributed by atoms with Crippen molar-refractivity contribution in [2.24, 2.45) is 0 Å². The third kappa shape index (κ3) is 47.9. The van der Waals surface area contributed by atoms with E-state index < -0.39 is 6.10 Å². The van der Waals surface area contributed by atoms with Crippen molar-refractivity contribution in [3.63, 3.8) is 0 Å². The largest absolute Gasteiger partial charge is 0.462 e. The van der Waals surface area contributed by atoms with Crippen molar-refractivity contribution in [1.29, 1.82) is 0 Å². The molecule has 1 atom stereocenters. The molecule has 0 aromatic rings. The summed E-state index contributed by atoms with van der Waals surface area (Å²) in [4.78, 5) is 37.9. The van der Waals surface area contributed by atoms with Crippen LogP contribution >= 0.6 is 0 Å². The predicted molar refractivity (Wildman–Crippen MR) is 265 cm³/mol. The minimum Gasteiger partial charge on any atom is -0.462 e. The van der Waals surface area contributed by atoms with Gasteiger partial charge in [-0.1, -0.05) is 209 Å². The standard InChI is InChI=1S/C56H96O6/c1-4-7-10-13-16-19-22-25-26-27-28-29-30-32-34-37-40-43-46-49-55(58)61-52-53(51-60-54(57)48-45-42-39-36-33-24-21-18-15-12-9-6-3)62-56(59)50-47-44-41-38-35-31-23-20-17-14-11-8-5-2/h7,10,16,18-19,21,25-26,28-29,32,34,53H,4-6,8-9,11-15,17,20,22-24,27,30-31,33,35-52H2,1-3H3/b10-7-,19-16-,21-18-,26-25-,29-28-,34-32-/t53-/m1/s1. The van der Waals surface area contributed by atoms with Crippen LogP contribution in [0.4, 0.5) is 0 Å². The number of carbonyl (C=O) groups excluding carboxylic acids is 3. The first-order valence-corrected chi connectivity index (χ1v) is 25.9. The molecular formula is C56H96O6. The summed E-state index contributed by atoms with van der Waals surface area (Å²) in [6.45, 7) is 6.47. The fraction of sp³-hybridized carbons (Fsp3) is 0.732. The second-order valence-electron chi connectivity index (χ2n) is 17.1. The topological polar surface area (TPSA) is 78.9 Å². The van der Waals surface area contributed by atoms with Crippen LogP contribution in [0.5, 0.6) is 0 Å². The molecule has 0 amide bonds. The molecule has 0 spiro atoms. The molecule has 0 aliphatic carbocycles. The minimum atomic E-state index is -0.789. The van der Waals surface area contributed by atoms with E-state index in [-0.39, 0.29) is 31.1 Å². The van der Waals surface area contributed by atoms with E-state index in [4.69, 9.17) is 14.2 Å². The Hall–Kier alpha value is -3.15. The lowest BCUT2D eigenvalue weighted by Gasteiger charge is -2.18. The molecule has 0 aromatic carbocycles. The Bertz CT molecular complexity index is 1180. The van der Waals surface area contributed by atoms with E-state index in [1.807, 2.05) is 0 Å². The Morgan fingerprint density at radius 2 is 0.629 bits per heavy atom. The summed E-state index contributed by atoms with van der Waals surface area (Å²) in [5.41, 5.74) is 0. The lowest BCUT2D eigenvalue weighted by Crippen LogP contribution is -2.30. The smallest absolute Gasteiger partial charge is 0.306 e. The third-order valence-electron chi connectivity index (χ3n) is 10.9. The van der Waals surface area contributed by atoms with Gasteiger partial charge in [0.15, 0.2) is 6.10 Å². The van der Waals surface area contributed by atoms with Crippen LogP contribution in [0.2, 0.25) is 0 Å². The summed E-state index contributed by atoms with van der Waals surface area (Å²) in [6.07, 6.45) is 63.1. The third-order valence-corrected chi connectivity index (χ3v) is 10.9. The Morgan fingerprint density at radius 1 is 0.339 bits per heavy atom. The van der Waals surface area contributed by atoms with Crippen molar-refractivity contribution in [3.8, 4) is 0 Å². The van der Waals surface area contributed by atoms with Gasteiger partial charge in [0, 0.05) is 19.3 Å². The minimum absolute atomic E-state index is 0.0890. The lowest BCUT2D eigenvalue weighted by molar-refractivity contribution is -0.167. The fourth-order valence-corrected chi connectivity index (χ4v) is 7.05. The van der Waals surface area contributed by atoms with E-state index >= 15 is 0 Å². The zero-order chi connectivity index (χ0) is 45.1. The first-order valence-electron chi connectivity index (χ1n) is 25.9. The predicted octanol–water partition coefficient (Wildman–Crippen LogP) is 17.0. The zero-order valence-corrected chi connectivity index (χ0v) is 40.6. The molecule has 0 aromatic heterocycles. The fourth-order valence-electron chi connectivity index (χ4n) is 7.05. The normalized spacial score (nSPS) is 12.6. The molecule has 356 valence electrons. The van der Waals surface area contributed by atoms with E-state index in [1.54, 1.807) is 0 Å². The Kier molecular flexibility index (Phi) is 47.9. The van der Waals surface area contributed by atoms with Gasteiger partial charge in [0.05, 0.1) is 0 Å². The summed E-state index contributed by atoms with van der Waals surface area (Å²) in [5, 5.41) is 0. The number of carbonyl (C=O) groups is 3. The van der Waals surface area contributed by atoms with Crippen molar-refractivity contribution in [3.05, 3.63) is 72.9 Å². The summed E-state index contributed by atoms with van der Waals surface area (Å²) in [5.74, 6) is -0.928. The molecule has 6 nitrogen and oxygen atoms in total. The SMILES string of the molecule is CC/C=C\C/C=C\C/C=C\C/C=C\C/C=C\CCCCCC(=O)OC[C@@H](COC(=O)CCCCCCC/C=C\CCCCC)OC(=O)CCCCCCCCCCCCCCC. The monoisotopic (exact) mass is 865 g/mol. The van der Waals surface area contributed by atoms with Gasteiger partial charge in [-0.3, -0.25) is 14.4 Å². The number of esters is 3. The Labute approximate surface area is 382 Å². The van der Waals surface area contributed by atoms with Gasteiger partial charge < -0.3 is 14.2 Å². The van der Waals surface area contributed by atoms with Crippen molar-refractivity contribution in [2.75, 3.05) is 13.2 Å². The van der Waals surface area contributed by atoms with E-state index in [0.29, 0.717) is 19.3 Å². The van der Waals surface area contributed by atoms with Crippen molar-refractivity contribution in [2.45, 2.75) is 252 Å². The van der Waals surface area contributed by atoms with E-state index in [9.17, 15) is 14.4 Å². The Morgan fingerprint density at radius 3 is 1.05 bits per heavy atom. The summed E-state index contributed by atoms with van der Waals surface area (Å²) < 4.78 is 16.8. The molecule has 0 radical (unpaired) electrons. The average Bonchev–Trinajstić information content (AvgIpc) is 3.27. The molecule has 0 rings (SSSR count). The molecule has 0 saturated carbocycles. The van der Waals surface area contributed by atoms with E-state index in [0.717, 1.165) is 103 Å². The van der Waals surface area contributed by atoms with Gasteiger partial charge in [0.2, 0.25) is 0 Å². The number of allylic oxidation sites excluding steroid dienone is 12. The summed E-state index contributed by atoms with van der Waals surface area (Å²) >= 11 is 0. The van der Waals surface area contributed by atoms with Crippen LogP contribution in [0.15, 0.2) is 72.9 Å². The maximum absolute atomic E-state index is 12.8. The molecule has 0 N–H and O–H groups in total.